The zero-order valence-electron chi connectivity index (χ0n) is 22.7. The summed E-state index contributed by atoms with van der Waals surface area (Å²) in [6, 6.07) is 10.5. The SMILES string of the molecule is CC(C)CN1C2CCC1CC(N1CCC(c3cc(F)c4nc(-c5ccc(S(C)(=O)=O)cc5)cn4c3)CC1)C2. The lowest BCUT2D eigenvalue weighted by atomic mass is 9.87. The minimum absolute atomic E-state index is 0.263. The highest BCUT2D eigenvalue weighted by Crippen LogP contribution is 2.40. The summed E-state index contributed by atoms with van der Waals surface area (Å²) in [5, 5.41) is 0. The topological polar surface area (TPSA) is 57.9 Å². The van der Waals surface area contributed by atoms with Crippen LogP contribution in [0.15, 0.2) is 47.6 Å². The number of sulfone groups is 1. The van der Waals surface area contributed by atoms with Crippen LogP contribution in [0.5, 0.6) is 0 Å². The predicted molar refractivity (Wildman–Crippen MR) is 149 cm³/mol. The van der Waals surface area contributed by atoms with Gasteiger partial charge in [-0.15, -0.1) is 0 Å². The van der Waals surface area contributed by atoms with E-state index in [1.807, 2.05) is 12.4 Å². The van der Waals surface area contributed by atoms with E-state index in [2.05, 4.69) is 28.6 Å². The maximum absolute atomic E-state index is 15.2. The lowest BCUT2D eigenvalue weighted by Gasteiger charge is -2.46. The summed E-state index contributed by atoms with van der Waals surface area (Å²) >= 11 is 0. The zero-order valence-corrected chi connectivity index (χ0v) is 23.5. The van der Waals surface area contributed by atoms with Crippen LogP contribution in [0.3, 0.4) is 0 Å². The Morgan fingerprint density at radius 3 is 2.24 bits per heavy atom. The van der Waals surface area contributed by atoms with E-state index < -0.39 is 9.84 Å². The normalized spacial score (nSPS) is 25.6. The standard InChI is InChI=1S/C30H39FN4O2S/c1-20(2)17-35-24-6-7-25(35)16-26(15-24)33-12-10-21(11-13-33)23-14-28(31)30-32-29(19-34(30)18-23)22-4-8-27(9-5-22)38(3,36)37/h4-5,8-9,14,18-21,24-26H,6-7,10-13,15-17H2,1-3H3. The second-order valence-electron chi connectivity index (χ2n) is 12.2. The molecule has 6 rings (SSSR count). The molecule has 3 fully saturated rings. The molecular formula is C30H39FN4O2S. The van der Waals surface area contributed by atoms with Crippen LogP contribution in [0, 0.1) is 11.7 Å². The lowest BCUT2D eigenvalue weighted by Crippen LogP contribution is -2.52. The van der Waals surface area contributed by atoms with Gasteiger partial charge in [-0.05, 0) is 87.2 Å². The number of benzene rings is 1. The average molecular weight is 539 g/mol. The van der Waals surface area contributed by atoms with Crippen LogP contribution < -0.4 is 0 Å². The van der Waals surface area contributed by atoms with Crippen LogP contribution in [-0.4, -0.2) is 71.6 Å². The number of hydrogen-bond acceptors (Lipinski definition) is 5. The molecule has 2 atom stereocenters. The minimum atomic E-state index is -3.26. The first kappa shape index (κ1) is 26.0. The Kier molecular flexibility index (Phi) is 6.85. The van der Waals surface area contributed by atoms with E-state index >= 15 is 4.39 Å². The molecular weight excluding hydrogens is 499 g/mol. The maximum Gasteiger partial charge on any atom is 0.175 e. The first-order chi connectivity index (χ1) is 18.2. The molecule has 0 amide bonds. The highest BCUT2D eigenvalue weighted by molar-refractivity contribution is 7.90. The number of fused-ring (bicyclic) bond motifs is 3. The van der Waals surface area contributed by atoms with Gasteiger partial charge in [0, 0.05) is 48.9 Å². The molecule has 8 heteroatoms. The van der Waals surface area contributed by atoms with E-state index in [9.17, 15) is 8.42 Å². The van der Waals surface area contributed by atoms with Crippen LogP contribution >= 0.6 is 0 Å². The van der Waals surface area contributed by atoms with E-state index in [4.69, 9.17) is 0 Å². The minimum Gasteiger partial charge on any atom is -0.304 e. The van der Waals surface area contributed by atoms with Crippen molar-refractivity contribution in [3.05, 3.63) is 54.1 Å². The monoisotopic (exact) mass is 538 g/mol. The van der Waals surface area contributed by atoms with E-state index in [1.165, 1.54) is 38.5 Å². The molecule has 2 unspecified atom stereocenters. The van der Waals surface area contributed by atoms with Gasteiger partial charge in [0.15, 0.2) is 21.3 Å². The van der Waals surface area contributed by atoms with Crippen LogP contribution in [-0.2, 0) is 9.84 Å². The van der Waals surface area contributed by atoms with Crippen molar-refractivity contribution in [2.45, 2.75) is 81.3 Å². The zero-order chi connectivity index (χ0) is 26.6. The maximum atomic E-state index is 15.2. The molecule has 38 heavy (non-hydrogen) atoms. The highest BCUT2D eigenvalue weighted by Gasteiger charge is 2.42. The fraction of sp³-hybridized carbons (Fsp3) is 0.567. The molecule has 0 N–H and O–H groups in total. The van der Waals surface area contributed by atoms with E-state index in [0.29, 0.717) is 23.3 Å². The summed E-state index contributed by atoms with van der Waals surface area (Å²) in [7, 11) is -3.26. The Bertz CT molecular complexity index is 1400. The predicted octanol–water partition coefficient (Wildman–Crippen LogP) is 5.37. The number of halogens is 1. The van der Waals surface area contributed by atoms with Gasteiger partial charge < -0.3 is 9.30 Å². The van der Waals surface area contributed by atoms with Gasteiger partial charge in [0.25, 0.3) is 0 Å². The second kappa shape index (κ2) is 10.0. The lowest BCUT2D eigenvalue weighted by molar-refractivity contribution is 0.0403. The first-order valence-corrected chi connectivity index (χ1v) is 16.0. The largest absolute Gasteiger partial charge is 0.304 e. The van der Waals surface area contributed by atoms with Gasteiger partial charge in [-0.2, -0.15) is 0 Å². The highest BCUT2D eigenvalue weighted by atomic mass is 32.2. The van der Waals surface area contributed by atoms with Crippen LogP contribution in [0.2, 0.25) is 0 Å². The number of piperidine rings is 2. The summed E-state index contributed by atoms with van der Waals surface area (Å²) < 4.78 is 40.5. The molecule has 2 aromatic heterocycles. The fourth-order valence-corrected chi connectivity index (χ4v) is 7.80. The van der Waals surface area contributed by atoms with Gasteiger partial charge in [0.1, 0.15) is 0 Å². The molecule has 0 spiro atoms. The van der Waals surface area contributed by atoms with Crippen molar-refractivity contribution in [2.24, 2.45) is 5.92 Å². The molecule has 3 aliphatic heterocycles. The van der Waals surface area contributed by atoms with Crippen LogP contribution in [0.4, 0.5) is 4.39 Å². The van der Waals surface area contributed by atoms with Gasteiger partial charge in [0.2, 0.25) is 0 Å². The van der Waals surface area contributed by atoms with E-state index in [-0.39, 0.29) is 10.7 Å². The third-order valence-corrected chi connectivity index (χ3v) is 10.2. The Hall–Kier alpha value is -2.29. The third-order valence-electron chi connectivity index (χ3n) is 9.06. The smallest absolute Gasteiger partial charge is 0.175 e. The van der Waals surface area contributed by atoms with E-state index in [0.717, 1.165) is 55.1 Å². The van der Waals surface area contributed by atoms with Crippen molar-refractivity contribution in [2.75, 3.05) is 25.9 Å². The average Bonchev–Trinajstić information content (AvgIpc) is 3.40. The van der Waals surface area contributed by atoms with Gasteiger partial charge in [-0.3, -0.25) is 4.90 Å². The number of likely N-dealkylation sites (tertiary alicyclic amines) is 1. The molecule has 5 heterocycles. The number of pyridine rings is 1. The summed E-state index contributed by atoms with van der Waals surface area (Å²) in [5.41, 5.74) is 2.74. The van der Waals surface area contributed by atoms with Gasteiger partial charge in [0.05, 0.1) is 10.6 Å². The molecule has 3 aromatic rings. The first-order valence-electron chi connectivity index (χ1n) is 14.1. The van der Waals surface area contributed by atoms with Crippen molar-refractivity contribution >= 4 is 15.5 Å². The van der Waals surface area contributed by atoms with Crippen LogP contribution in [0.1, 0.15) is 63.9 Å². The molecule has 3 aliphatic rings. The third kappa shape index (κ3) is 5.03. The summed E-state index contributed by atoms with van der Waals surface area (Å²) in [4.78, 5) is 10.3. The summed E-state index contributed by atoms with van der Waals surface area (Å²) in [6.07, 6.45) is 12.5. The second-order valence-corrected chi connectivity index (χ2v) is 14.2. The van der Waals surface area contributed by atoms with Crippen molar-refractivity contribution < 1.29 is 12.8 Å². The number of imidazole rings is 1. The van der Waals surface area contributed by atoms with Crippen molar-refractivity contribution in [3.63, 3.8) is 0 Å². The number of hydrogen-bond donors (Lipinski definition) is 0. The van der Waals surface area contributed by atoms with E-state index in [1.54, 1.807) is 34.7 Å². The van der Waals surface area contributed by atoms with Gasteiger partial charge in [-0.25, -0.2) is 17.8 Å². The number of rotatable bonds is 6. The Morgan fingerprint density at radius 2 is 1.63 bits per heavy atom. The molecule has 3 saturated heterocycles. The van der Waals surface area contributed by atoms with Crippen LogP contribution in [0.25, 0.3) is 16.9 Å². The molecule has 0 saturated carbocycles. The van der Waals surface area contributed by atoms with Crippen molar-refractivity contribution in [1.82, 2.24) is 19.2 Å². The fourth-order valence-electron chi connectivity index (χ4n) is 7.17. The van der Waals surface area contributed by atoms with Crippen molar-refractivity contribution in [1.29, 1.82) is 0 Å². The Balaban J connectivity index is 1.13. The molecule has 204 valence electrons. The quantitative estimate of drug-likeness (QED) is 0.422. The molecule has 6 nitrogen and oxygen atoms in total. The Morgan fingerprint density at radius 1 is 0.974 bits per heavy atom. The molecule has 2 bridgehead atoms. The summed E-state index contributed by atoms with van der Waals surface area (Å²) in [6.45, 7) is 8.07. The Labute approximate surface area is 225 Å². The number of aromatic nitrogens is 2. The van der Waals surface area contributed by atoms with Gasteiger partial charge >= 0.3 is 0 Å². The molecule has 0 aliphatic carbocycles. The van der Waals surface area contributed by atoms with Crippen molar-refractivity contribution in [3.8, 4) is 11.3 Å². The number of nitrogens with zero attached hydrogens (tertiary/aromatic N) is 4. The molecule has 1 aromatic carbocycles. The van der Waals surface area contributed by atoms with Gasteiger partial charge in [-0.1, -0.05) is 26.0 Å². The summed E-state index contributed by atoms with van der Waals surface area (Å²) in [5.74, 6) is 0.774. The molecule has 0 radical (unpaired) electrons.